The van der Waals surface area contributed by atoms with Gasteiger partial charge < -0.3 is 9.47 Å². The number of methoxy groups -OCH3 is 1. The van der Waals surface area contributed by atoms with Crippen LogP contribution in [0.4, 0.5) is 0 Å². The van der Waals surface area contributed by atoms with Crippen LogP contribution in [0.1, 0.15) is 26.5 Å². The highest BCUT2D eigenvalue weighted by Gasteiger charge is 2.22. The van der Waals surface area contributed by atoms with E-state index in [4.69, 9.17) is 9.47 Å². The number of rotatable bonds is 4. The molecule has 0 aliphatic carbocycles. The van der Waals surface area contributed by atoms with Crippen LogP contribution in [-0.4, -0.2) is 23.9 Å². The molecule has 0 saturated carbocycles. The highest BCUT2D eigenvalue weighted by Crippen LogP contribution is 2.22. The van der Waals surface area contributed by atoms with Gasteiger partial charge in [-0.05, 0) is 26.8 Å². The smallest absolute Gasteiger partial charge is 0.233 e. The lowest BCUT2D eigenvalue weighted by molar-refractivity contribution is -0.0180. The lowest BCUT2D eigenvalue weighted by Gasteiger charge is -2.23. The lowest BCUT2D eigenvalue weighted by Crippen LogP contribution is -2.23. The summed E-state index contributed by atoms with van der Waals surface area (Å²) in [5, 5.41) is 7.93. The van der Waals surface area contributed by atoms with Crippen LogP contribution in [0.25, 0.3) is 0 Å². The normalized spacial score (nSPS) is 11.4. The Hall–Kier alpha value is -1.16. The van der Waals surface area contributed by atoms with E-state index in [1.807, 2.05) is 26.8 Å². The minimum absolute atomic E-state index is 0.395. The number of ether oxygens (including phenoxy) is 2. The van der Waals surface area contributed by atoms with E-state index in [0.717, 1.165) is 5.69 Å². The van der Waals surface area contributed by atoms with Crippen LogP contribution in [0.15, 0.2) is 12.1 Å². The topological polar surface area (TPSA) is 44.2 Å². The van der Waals surface area contributed by atoms with Gasteiger partial charge in [0, 0.05) is 12.7 Å². The molecule has 4 nitrogen and oxygen atoms in total. The fourth-order valence-electron chi connectivity index (χ4n) is 1.18. The van der Waals surface area contributed by atoms with Gasteiger partial charge in [-0.3, -0.25) is 0 Å². The Labute approximate surface area is 84.3 Å². The van der Waals surface area contributed by atoms with Crippen LogP contribution in [0, 0.1) is 0 Å². The number of nitrogens with zero attached hydrogens (tertiary/aromatic N) is 2. The Morgan fingerprint density at radius 1 is 1.29 bits per heavy atom. The quantitative estimate of drug-likeness (QED) is 0.736. The summed E-state index contributed by atoms with van der Waals surface area (Å²) in [5.74, 6) is 0.515. The Bertz CT molecular complexity index is 283. The van der Waals surface area contributed by atoms with Gasteiger partial charge in [-0.25, -0.2) is 0 Å². The molecule has 0 N–H and O–H groups in total. The highest BCUT2D eigenvalue weighted by atomic mass is 16.5. The standard InChI is InChI=1S/C10H16N2O2/c1-5-14-10(2,3)8-6-7-9(13-4)12-11-8/h6-7H,5H2,1-4H3. The zero-order valence-electron chi connectivity index (χ0n) is 9.07. The summed E-state index contributed by atoms with van der Waals surface area (Å²) in [6.45, 7) is 6.54. The molecule has 1 rings (SSSR count). The zero-order chi connectivity index (χ0) is 10.6. The van der Waals surface area contributed by atoms with Gasteiger partial charge in [0.1, 0.15) is 5.60 Å². The molecular weight excluding hydrogens is 180 g/mol. The maximum atomic E-state index is 5.55. The average Bonchev–Trinajstić information content (AvgIpc) is 2.18. The molecule has 0 amide bonds. The fourth-order valence-corrected chi connectivity index (χ4v) is 1.18. The third-order valence-electron chi connectivity index (χ3n) is 1.97. The van der Waals surface area contributed by atoms with Gasteiger partial charge in [0.2, 0.25) is 5.88 Å². The van der Waals surface area contributed by atoms with Crippen molar-refractivity contribution in [2.45, 2.75) is 26.4 Å². The van der Waals surface area contributed by atoms with Gasteiger partial charge in [0.05, 0.1) is 12.8 Å². The first-order valence-electron chi connectivity index (χ1n) is 4.62. The molecule has 1 heterocycles. The average molecular weight is 196 g/mol. The zero-order valence-corrected chi connectivity index (χ0v) is 9.07. The molecule has 1 aromatic rings. The Morgan fingerprint density at radius 2 is 2.00 bits per heavy atom. The van der Waals surface area contributed by atoms with Gasteiger partial charge in [-0.1, -0.05) is 0 Å². The van der Waals surface area contributed by atoms with Crippen molar-refractivity contribution in [3.05, 3.63) is 17.8 Å². The van der Waals surface area contributed by atoms with Crippen LogP contribution in [0.2, 0.25) is 0 Å². The molecule has 78 valence electrons. The summed E-state index contributed by atoms with van der Waals surface area (Å²) in [7, 11) is 1.57. The number of hydrogen-bond donors (Lipinski definition) is 0. The van der Waals surface area contributed by atoms with E-state index in [9.17, 15) is 0 Å². The van der Waals surface area contributed by atoms with Crippen molar-refractivity contribution in [1.29, 1.82) is 0 Å². The van der Waals surface area contributed by atoms with Crippen molar-refractivity contribution >= 4 is 0 Å². The molecule has 0 fully saturated rings. The van der Waals surface area contributed by atoms with E-state index >= 15 is 0 Å². The van der Waals surface area contributed by atoms with Crippen molar-refractivity contribution in [2.75, 3.05) is 13.7 Å². The molecule has 0 aliphatic rings. The molecule has 0 saturated heterocycles. The first-order chi connectivity index (χ1) is 6.60. The van der Waals surface area contributed by atoms with Crippen molar-refractivity contribution in [3.63, 3.8) is 0 Å². The van der Waals surface area contributed by atoms with Crippen molar-refractivity contribution in [3.8, 4) is 5.88 Å². The second-order valence-corrected chi connectivity index (χ2v) is 3.40. The van der Waals surface area contributed by atoms with Crippen LogP contribution >= 0.6 is 0 Å². The Kier molecular flexibility index (Phi) is 3.41. The second-order valence-electron chi connectivity index (χ2n) is 3.40. The summed E-state index contributed by atoms with van der Waals surface area (Å²) < 4.78 is 10.5. The largest absolute Gasteiger partial charge is 0.480 e. The first kappa shape index (κ1) is 10.9. The predicted octanol–water partition coefficient (Wildman–Crippen LogP) is 1.76. The van der Waals surface area contributed by atoms with Gasteiger partial charge in [-0.2, -0.15) is 0 Å². The summed E-state index contributed by atoms with van der Waals surface area (Å²) in [4.78, 5) is 0. The summed E-state index contributed by atoms with van der Waals surface area (Å²) in [6.07, 6.45) is 0. The summed E-state index contributed by atoms with van der Waals surface area (Å²) in [6, 6.07) is 3.64. The molecule has 4 heteroatoms. The molecule has 1 aromatic heterocycles. The summed E-state index contributed by atoms with van der Waals surface area (Å²) in [5.41, 5.74) is 0.411. The van der Waals surface area contributed by atoms with E-state index in [2.05, 4.69) is 10.2 Å². The maximum absolute atomic E-state index is 5.55. The molecule has 0 atom stereocenters. The van der Waals surface area contributed by atoms with E-state index in [1.54, 1.807) is 13.2 Å². The molecule has 0 aliphatic heterocycles. The van der Waals surface area contributed by atoms with E-state index < -0.39 is 5.60 Å². The Balaban J connectivity index is 2.85. The number of aromatic nitrogens is 2. The van der Waals surface area contributed by atoms with E-state index in [0.29, 0.717) is 12.5 Å². The Morgan fingerprint density at radius 3 is 2.43 bits per heavy atom. The van der Waals surface area contributed by atoms with Crippen LogP contribution in [0.3, 0.4) is 0 Å². The molecule has 0 bridgehead atoms. The van der Waals surface area contributed by atoms with Crippen LogP contribution < -0.4 is 4.74 Å². The third kappa shape index (κ3) is 2.42. The van der Waals surface area contributed by atoms with Gasteiger partial charge >= 0.3 is 0 Å². The lowest BCUT2D eigenvalue weighted by atomic mass is 10.1. The van der Waals surface area contributed by atoms with Gasteiger partial charge in [0.15, 0.2) is 0 Å². The molecular formula is C10H16N2O2. The fraction of sp³-hybridized carbons (Fsp3) is 0.600. The third-order valence-corrected chi connectivity index (χ3v) is 1.97. The highest BCUT2D eigenvalue weighted by molar-refractivity contribution is 5.15. The SMILES string of the molecule is CCOC(C)(C)c1ccc(OC)nn1. The van der Waals surface area contributed by atoms with Gasteiger partial charge in [-0.15, -0.1) is 10.2 Å². The molecule has 0 unspecified atom stereocenters. The minimum Gasteiger partial charge on any atom is -0.480 e. The van der Waals surface area contributed by atoms with E-state index in [-0.39, 0.29) is 0 Å². The van der Waals surface area contributed by atoms with Crippen molar-refractivity contribution in [2.24, 2.45) is 0 Å². The predicted molar refractivity (Wildman–Crippen MR) is 53.2 cm³/mol. The van der Waals surface area contributed by atoms with Gasteiger partial charge in [0.25, 0.3) is 0 Å². The van der Waals surface area contributed by atoms with Crippen LogP contribution in [-0.2, 0) is 10.3 Å². The van der Waals surface area contributed by atoms with Crippen molar-refractivity contribution < 1.29 is 9.47 Å². The van der Waals surface area contributed by atoms with Crippen LogP contribution in [0.5, 0.6) is 5.88 Å². The number of hydrogen-bond acceptors (Lipinski definition) is 4. The van der Waals surface area contributed by atoms with Crippen molar-refractivity contribution in [1.82, 2.24) is 10.2 Å². The van der Waals surface area contributed by atoms with E-state index in [1.165, 1.54) is 0 Å². The summed E-state index contributed by atoms with van der Waals surface area (Å²) >= 11 is 0. The maximum Gasteiger partial charge on any atom is 0.233 e. The first-order valence-corrected chi connectivity index (χ1v) is 4.62. The molecule has 14 heavy (non-hydrogen) atoms. The molecule has 0 aromatic carbocycles. The monoisotopic (exact) mass is 196 g/mol. The molecule has 0 spiro atoms. The molecule has 0 radical (unpaired) electrons. The minimum atomic E-state index is -0.395. The second kappa shape index (κ2) is 4.37.